The number of nitrogens with one attached hydrogen (secondary N) is 6. The third-order valence-electron chi connectivity index (χ3n) is 22.6. The molecule has 1 fully saturated rings. The molecule has 0 spiro atoms. The first-order valence-corrected chi connectivity index (χ1v) is 43.4. The zero-order valence-electron chi connectivity index (χ0n) is 76.2. The number of likely N-dealkylation sites (N-methyl/N-ethyl adjacent to an activating group) is 7. The lowest BCUT2D eigenvalue weighted by Gasteiger charge is -2.41. The van der Waals surface area contributed by atoms with Gasteiger partial charge in [-0.2, -0.15) is 0 Å². The van der Waals surface area contributed by atoms with Gasteiger partial charge in [0.05, 0.1) is 23.2 Å². The van der Waals surface area contributed by atoms with Gasteiger partial charge in [-0.15, -0.1) is 0 Å². The van der Waals surface area contributed by atoms with Crippen LogP contribution >= 0.6 is 11.6 Å². The summed E-state index contributed by atoms with van der Waals surface area (Å²) in [6.07, 6.45) is 2.51. The van der Waals surface area contributed by atoms with Crippen LogP contribution in [0, 0.1) is 47.2 Å². The number of benzene rings is 3. The second kappa shape index (κ2) is 47.0. The minimum absolute atomic E-state index is 0.0379. The monoisotopic (exact) mass is 1730 g/mol. The Morgan fingerprint density at radius 2 is 1.16 bits per heavy atom. The normalized spacial score (nSPS) is 22.0. The Labute approximate surface area is 730 Å². The van der Waals surface area contributed by atoms with E-state index in [0.717, 1.165) is 26.5 Å². The first-order valence-electron chi connectivity index (χ1n) is 43.1. The van der Waals surface area contributed by atoms with Crippen molar-refractivity contribution in [1.82, 2.24) is 70.9 Å². The van der Waals surface area contributed by atoms with E-state index in [-0.39, 0.29) is 93.4 Å². The maximum atomic E-state index is 15.6. The summed E-state index contributed by atoms with van der Waals surface area (Å²) in [4.78, 5) is 194. The lowest BCUT2D eigenvalue weighted by atomic mass is 9.90. The van der Waals surface area contributed by atoms with Gasteiger partial charge in [0.1, 0.15) is 102 Å². The molecule has 12 atom stereocenters. The van der Waals surface area contributed by atoms with Crippen LogP contribution in [-0.2, 0) is 70.6 Å². The number of hydrogen-bond acceptors (Lipinski definition) is 18. The molecule has 123 heavy (non-hydrogen) atoms. The van der Waals surface area contributed by atoms with Crippen LogP contribution in [0.3, 0.4) is 0 Å². The number of unbranched alkanes of at least 4 members (excludes halogenated alkanes) is 1. The molecule has 2 aromatic heterocycles. The summed E-state index contributed by atoms with van der Waals surface area (Å²) in [5.74, 6) is -8.95. The molecule has 678 valence electrons. The largest absolute Gasteiger partial charge is 0.487 e. The number of ether oxygens (including phenoxy) is 1. The molecule has 0 unspecified atom stereocenters. The van der Waals surface area contributed by atoms with Crippen LogP contribution in [-0.4, -0.2) is 249 Å². The highest BCUT2D eigenvalue weighted by Crippen LogP contribution is 2.35. The molecule has 1 aliphatic rings. The number of rotatable bonds is 28. The number of carbonyl (C=O) groups is 12. The second-order valence-electron chi connectivity index (χ2n) is 35.4. The van der Waals surface area contributed by atoms with E-state index < -0.39 is 156 Å². The molecule has 0 saturated carbocycles. The van der Waals surface area contributed by atoms with Crippen LogP contribution in [0.2, 0.25) is 5.02 Å². The van der Waals surface area contributed by atoms with E-state index in [1.165, 1.54) is 106 Å². The maximum absolute atomic E-state index is 15.6. The highest BCUT2D eigenvalue weighted by atomic mass is 35.5. The molecule has 3 heterocycles. The molecule has 0 aliphatic carbocycles. The summed E-state index contributed by atoms with van der Waals surface area (Å²) in [6.45, 7) is 27.7. The van der Waals surface area contributed by atoms with Crippen molar-refractivity contribution in [3.8, 4) is 17.1 Å². The first kappa shape index (κ1) is 102. The summed E-state index contributed by atoms with van der Waals surface area (Å²) >= 11 is 6.63. The minimum Gasteiger partial charge on any atom is -0.487 e. The van der Waals surface area contributed by atoms with Gasteiger partial charge >= 0.3 is 0 Å². The van der Waals surface area contributed by atoms with Gasteiger partial charge in [-0.05, 0) is 179 Å². The van der Waals surface area contributed by atoms with Gasteiger partial charge in [0, 0.05) is 85.4 Å². The number of aromatic nitrogens is 2. The first-order chi connectivity index (χ1) is 57.8. The van der Waals surface area contributed by atoms with Crippen molar-refractivity contribution in [2.45, 2.75) is 255 Å². The van der Waals surface area contributed by atoms with Gasteiger partial charge in [-0.3, -0.25) is 57.5 Å². The number of aliphatic hydroxyl groups excluding tert-OH is 1. The number of nitrogens with zero attached hydrogens (tertiary/aromatic N) is 9. The second-order valence-corrected chi connectivity index (χ2v) is 35.8. The lowest BCUT2D eigenvalue weighted by Crippen LogP contribution is -2.63. The summed E-state index contributed by atoms with van der Waals surface area (Å²) in [5, 5.41) is 31.1. The minimum atomic E-state index is -1.75. The van der Waals surface area contributed by atoms with Crippen molar-refractivity contribution < 1.29 is 76.2 Å². The van der Waals surface area contributed by atoms with Gasteiger partial charge < -0.3 is 80.5 Å². The average molecular weight is 1730 g/mol. The van der Waals surface area contributed by atoms with Crippen LogP contribution in [0.1, 0.15) is 186 Å². The highest BCUT2D eigenvalue weighted by molar-refractivity contribution is 6.32. The summed E-state index contributed by atoms with van der Waals surface area (Å²) in [6, 6.07) is 7.90. The van der Waals surface area contributed by atoms with E-state index in [9.17, 15) is 47.9 Å². The smallest absolute Gasteiger partial charge is 0.246 e. The molecular weight excluding hydrogens is 1600 g/mol. The number of furan rings is 1. The van der Waals surface area contributed by atoms with Crippen LogP contribution in [0.25, 0.3) is 22.2 Å². The number of anilines is 2. The van der Waals surface area contributed by atoms with E-state index >= 15 is 19.2 Å². The Balaban J connectivity index is 1.23. The van der Waals surface area contributed by atoms with E-state index in [1.807, 2.05) is 85.7 Å². The van der Waals surface area contributed by atoms with E-state index in [0.29, 0.717) is 64.9 Å². The Kier molecular flexibility index (Phi) is 38.8. The van der Waals surface area contributed by atoms with Crippen molar-refractivity contribution in [1.29, 1.82) is 0 Å². The topological polar surface area (TPSA) is 368 Å². The van der Waals surface area contributed by atoms with Crippen LogP contribution in [0.5, 0.6) is 5.75 Å². The van der Waals surface area contributed by atoms with Crippen molar-refractivity contribution in [3.05, 3.63) is 101 Å². The molecule has 32 heteroatoms. The molecule has 0 bridgehead atoms. The Morgan fingerprint density at radius 1 is 0.585 bits per heavy atom. The zero-order chi connectivity index (χ0) is 91.9. The molecule has 12 amide bonds. The van der Waals surface area contributed by atoms with Crippen LogP contribution in [0.15, 0.2) is 83.5 Å². The van der Waals surface area contributed by atoms with Gasteiger partial charge in [0.25, 0.3) is 0 Å². The van der Waals surface area contributed by atoms with Gasteiger partial charge in [0.2, 0.25) is 70.9 Å². The van der Waals surface area contributed by atoms with E-state index in [1.54, 1.807) is 71.9 Å². The molecular formula is C91H135ClFN15O15. The molecule has 3 aromatic carbocycles. The van der Waals surface area contributed by atoms with Gasteiger partial charge in [0.15, 0.2) is 0 Å². The predicted octanol–water partition coefficient (Wildman–Crippen LogP) is 9.93. The molecule has 5 aromatic rings. The lowest BCUT2D eigenvalue weighted by molar-refractivity contribution is -0.157. The number of amides is 12. The Morgan fingerprint density at radius 3 is 1.76 bits per heavy atom. The van der Waals surface area contributed by atoms with Crippen molar-refractivity contribution in [3.63, 3.8) is 0 Å². The molecule has 1 aliphatic heterocycles. The highest BCUT2D eigenvalue weighted by Gasteiger charge is 2.46. The summed E-state index contributed by atoms with van der Waals surface area (Å²) < 4.78 is 26.0. The van der Waals surface area contributed by atoms with E-state index in [2.05, 4.69) is 41.9 Å². The summed E-state index contributed by atoms with van der Waals surface area (Å²) in [5.41, 5.74) is 2.78. The van der Waals surface area contributed by atoms with E-state index in [4.69, 9.17) is 20.8 Å². The predicted molar refractivity (Wildman–Crippen MR) is 472 cm³/mol. The quantitative estimate of drug-likeness (QED) is 0.0229. The van der Waals surface area contributed by atoms with Gasteiger partial charge in [-0.1, -0.05) is 121 Å². The third kappa shape index (κ3) is 28.4. The fourth-order valence-electron chi connectivity index (χ4n) is 15.3. The third-order valence-corrected chi connectivity index (χ3v) is 22.9. The summed E-state index contributed by atoms with van der Waals surface area (Å²) in [7, 11) is 9.78. The van der Waals surface area contributed by atoms with Gasteiger partial charge in [-0.25, -0.2) is 14.4 Å². The van der Waals surface area contributed by atoms with Crippen LogP contribution in [0.4, 0.5) is 15.9 Å². The average Bonchev–Trinajstić information content (AvgIpc) is 1.01. The standard InChI is InChI=1S/C91H135ClFN15O15/c1-24-67-87(117)102(17)48-76(110)103(18)69(41-51(2)3)84(114)101-77(55(10)11)90(120)104(19)70(42-52(4)5)83(113)97-58(15)82(112)98-59(16)86(116)105(20)71(43-53(6)7)88(118)106(21)72(44-54(8)9)89(119)107(22)78(56(12)13)91(121)108(23)79(85(115)100-67)80(111)57(14)29-27-33-75(109)94-40-26-25-32-64-36-39-73(123-64)61-34-37-68-65(46-61)81(96-50-95-68)99-63-35-38-74(66(92)47-63)122-49-60-30-28-31-62(93)45-60/h28,30-31,34-39,45-47,50-59,67,69-72,77-80,111H,24-27,29,32-33,40-44,48-49H2,1-23H3,(H,94,109)(H,97,113)(H,98,112)(H,100,115)(H,101,114)(H,95,96,99)/t57-,58+,59-,67+,69+,70+,71+,72+,77+,78+,79+,80-/m1/s1. The molecule has 30 nitrogen and oxygen atoms in total. The fourth-order valence-corrected chi connectivity index (χ4v) is 15.5. The number of fused-ring (bicyclic) bond motifs is 1. The Hall–Kier alpha value is -10.3. The molecule has 1 saturated heterocycles. The molecule has 6 rings (SSSR count). The maximum Gasteiger partial charge on any atom is 0.246 e. The number of aliphatic hydroxyl groups is 1. The molecule has 7 N–H and O–H groups in total. The number of aryl methyl sites for hydroxylation is 1. The van der Waals surface area contributed by atoms with Crippen LogP contribution < -0.4 is 36.6 Å². The molecule has 0 radical (unpaired) electrons. The van der Waals surface area contributed by atoms with Crippen molar-refractivity contribution in [2.24, 2.45) is 41.4 Å². The van der Waals surface area contributed by atoms with Crippen molar-refractivity contribution in [2.75, 3.05) is 67.7 Å². The SMILES string of the molecule is CC[C@@H]1NC(=O)[C@H]([C@H](O)[C@H](C)CCCC(=O)NCCCCc2ccc(-c3ccc4ncnc(Nc5ccc(OCc6cccc(F)c6)c(Cl)c5)c4c3)o2)N(C)C(=O)[C@H](C(C)C)N(C)C(=O)[C@H](CC(C)C)N(C)C(=O)[C@H](CC(C)C)N(C)C(=O)[C@@H](C)NC(=O)[C@H](C)NC(=O)[C@H](CC(C)C)N(C)C(=O)[C@H](C(C)C)NC(=O)[C@H](CC(C)C)N(C)C(=O)CN(C)C1=O. The van der Waals surface area contributed by atoms with Crippen molar-refractivity contribution >= 4 is 105 Å². The number of hydrogen-bond donors (Lipinski definition) is 7. The fraction of sp³-hybridized carbons (Fsp3) is 0.604. The zero-order valence-corrected chi connectivity index (χ0v) is 77.0. The Bertz CT molecular complexity index is 4460. The number of halogens is 2. The number of carbonyl (C=O) groups excluding carboxylic acids is 12.